The maximum atomic E-state index is 11.6. The normalized spacial score (nSPS) is 23.6. The second-order valence-electron chi connectivity index (χ2n) is 5.12. The zero-order chi connectivity index (χ0) is 13.8. The van der Waals surface area contributed by atoms with Gasteiger partial charge in [0, 0.05) is 18.4 Å². The highest BCUT2D eigenvalue weighted by molar-refractivity contribution is 5.75. The van der Waals surface area contributed by atoms with Crippen LogP contribution in [0.4, 0.5) is 0 Å². The smallest absolute Gasteiger partial charge is 0.323 e. The average molecular weight is 267 g/mol. The Balaban J connectivity index is 1.90. The van der Waals surface area contributed by atoms with Crippen LogP contribution in [0.25, 0.3) is 0 Å². The fourth-order valence-corrected chi connectivity index (χ4v) is 2.16. The van der Waals surface area contributed by atoms with Crippen LogP contribution in [0.15, 0.2) is 4.42 Å². The van der Waals surface area contributed by atoms with Crippen LogP contribution in [-0.2, 0) is 9.53 Å². The van der Waals surface area contributed by atoms with Crippen molar-refractivity contribution >= 4 is 5.97 Å². The summed E-state index contributed by atoms with van der Waals surface area (Å²) in [4.78, 5) is 11.6. The Kier molecular flexibility index (Phi) is 4.52. The van der Waals surface area contributed by atoms with Crippen LogP contribution in [0.2, 0.25) is 0 Å². The van der Waals surface area contributed by atoms with Gasteiger partial charge in [-0.05, 0) is 19.8 Å². The summed E-state index contributed by atoms with van der Waals surface area (Å²) in [6.07, 6.45) is 1.60. The zero-order valence-corrected chi connectivity index (χ0v) is 11.7. The Hall–Kier alpha value is -1.43. The molecule has 1 fully saturated rings. The molecule has 6 nitrogen and oxygen atoms in total. The van der Waals surface area contributed by atoms with Crippen LogP contribution in [0.1, 0.15) is 57.2 Å². The van der Waals surface area contributed by atoms with Crippen LogP contribution in [0.5, 0.6) is 0 Å². The Labute approximate surface area is 112 Å². The van der Waals surface area contributed by atoms with Crippen molar-refractivity contribution in [3.63, 3.8) is 0 Å². The monoisotopic (exact) mass is 267 g/mol. The van der Waals surface area contributed by atoms with E-state index in [1.807, 2.05) is 20.8 Å². The number of aromatic nitrogens is 2. The van der Waals surface area contributed by atoms with E-state index in [2.05, 4.69) is 15.5 Å². The summed E-state index contributed by atoms with van der Waals surface area (Å²) in [5, 5.41) is 11.3. The lowest BCUT2D eigenvalue weighted by molar-refractivity contribution is -0.146. The van der Waals surface area contributed by atoms with E-state index in [0.717, 1.165) is 12.8 Å². The molecule has 2 unspecified atom stereocenters. The van der Waals surface area contributed by atoms with Crippen LogP contribution in [0.3, 0.4) is 0 Å². The Morgan fingerprint density at radius 2 is 2.26 bits per heavy atom. The molecule has 1 aromatic rings. The number of rotatable bonds is 4. The van der Waals surface area contributed by atoms with Crippen molar-refractivity contribution in [2.45, 2.75) is 51.5 Å². The minimum absolute atomic E-state index is 0.172. The standard InChI is InChI=1S/C13H21N3O3/c1-4-18-13(17)10-6-5-9(7-14-10)12-16-15-11(19-12)8(2)3/h8-10,14H,4-7H2,1-3H3. The third kappa shape index (κ3) is 3.32. The molecule has 0 spiro atoms. The summed E-state index contributed by atoms with van der Waals surface area (Å²) in [6, 6.07) is -0.205. The molecular formula is C13H21N3O3. The highest BCUT2D eigenvalue weighted by atomic mass is 16.5. The van der Waals surface area contributed by atoms with Crippen LogP contribution >= 0.6 is 0 Å². The van der Waals surface area contributed by atoms with Gasteiger partial charge in [0.15, 0.2) is 0 Å². The minimum atomic E-state index is -0.205. The molecule has 1 aromatic heterocycles. The molecule has 0 bridgehead atoms. The number of hydrogen-bond donors (Lipinski definition) is 1. The number of esters is 1. The van der Waals surface area contributed by atoms with Gasteiger partial charge in [-0.15, -0.1) is 10.2 Å². The molecule has 2 atom stereocenters. The third-order valence-corrected chi connectivity index (χ3v) is 3.28. The number of carbonyl (C=O) groups is 1. The molecule has 0 saturated carbocycles. The molecule has 0 aliphatic carbocycles. The SMILES string of the molecule is CCOC(=O)C1CCC(c2nnc(C(C)C)o2)CN1. The summed E-state index contributed by atoms with van der Waals surface area (Å²) in [5.74, 6) is 1.59. The summed E-state index contributed by atoms with van der Waals surface area (Å²) in [6.45, 7) is 6.95. The van der Waals surface area contributed by atoms with E-state index in [-0.39, 0.29) is 23.8 Å². The number of hydrogen-bond acceptors (Lipinski definition) is 6. The van der Waals surface area contributed by atoms with Crippen molar-refractivity contribution < 1.29 is 13.9 Å². The lowest BCUT2D eigenvalue weighted by atomic mass is 9.95. The predicted octanol–water partition coefficient (Wildman–Crippen LogP) is 1.59. The zero-order valence-electron chi connectivity index (χ0n) is 11.7. The van der Waals surface area contributed by atoms with Gasteiger partial charge in [0.05, 0.1) is 6.61 Å². The first-order valence-electron chi connectivity index (χ1n) is 6.85. The van der Waals surface area contributed by atoms with Crippen molar-refractivity contribution in [3.8, 4) is 0 Å². The van der Waals surface area contributed by atoms with E-state index in [1.165, 1.54) is 0 Å². The lowest BCUT2D eigenvalue weighted by Crippen LogP contribution is -2.44. The molecule has 0 amide bonds. The second-order valence-corrected chi connectivity index (χ2v) is 5.12. The number of ether oxygens (including phenoxy) is 1. The molecule has 1 aliphatic heterocycles. The maximum absolute atomic E-state index is 11.6. The van der Waals surface area contributed by atoms with Gasteiger partial charge in [-0.25, -0.2) is 0 Å². The highest BCUT2D eigenvalue weighted by Gasteiger charge is 2.30. The molecule has 2 heterocycles. The maximum Gasteiger partial charge on any atom is 0.323 e. The molecule has 1 N–H and O–H groups in total. The van der Waals surface area contributed by atoms with Gasteiger partial charge in [0.25, 0.3) is 0 Å². The van der Waals surface area contributed by atoms with Crippen LogP contribution < -0.4 is 5.32 Å². The molecule has 19 heavy (non-hydrogen) atoms. The molecular weight excluding hydrogens is 246 g/mol. The molecule has 1 aliphatic rings. The quantitative estimate of drug-likeness (QED) is 0.835. The van der Waals surface area contributed by atoms with E-state index in [0.29, 0.717) is 24.9 Å². The van der Waals surface area contributed by atoms with E-state index in [9.17, 15) is 4.79 Å². The lowest BCUT2D eigenvalue weighted by Gasteiger charge is -2.26. The number of piperidine rings is 1. The first kappa shape index (κ1) is 14.0. The van der Waals surface area contributed by atoms with Crippen molar-refractivity contribution in [1.29, 1.82) is 0 Å². The Morgan fingerprint density at radius 3 is 2.79 bits per heavy atom. The van der Waals surface area contributed by atoms with Gasteiger partial charge in [0.2, 0.25) is 11.8 Å². The summed E-state index contributed by atoms with van der Waals surface area (Å²) in [7, 11) is 0. The van der Waals surface area contributed by atoms with E-state index < -0.39 is 0 Å². The van der Waals surface area contributed by atoms with Crippen molar-refractivity contribution in [1.82, 2.24) is 15.5 Å². The van der Waals surface area contributed by atoms with Gasteiger partial charge < -0.3 is 14.5 Å². The fraction of sp³-hybridized carbons (Fsp3) is 0.769. The first-order chi connectivity index (χ1) is 9.11. The van der Waals surface area contributed by atoms with E-state index >= 15 is 0 Å². The van der Waals surface area contributed by atoms with Crippen molar-refractivity contribution in [3.05, 3.63) is 11.8 Å². The first-order valence-corrected chi connectivity index (χ1v) is 6.85. The van der Waals surface area contributed by atoms with Crippen LogP contribution in [-0.4, -0.2) is 35.4 Å². The molecule has 1 saturated heterocycles. The third-order valence-electron chi connectivity index (χ3n) is 3.28. The van der Waals surface area contributed by atoms with E-state index in [1.54, 1.807) is 0 Å². The molecule has 6 heteroatoms. The average Bonchev–Trinajstić information content (AvgIpc) is 2.89. The minimum Gasteiger partial charge on any atom is -0.465 e. The topological polar surface area (TPSA) is 77.2 Å². The molecule has 2 rings (SSSR count). The molecule has 106 valence electrons. The van der Waals surface area contributed by atoms with Gasteiger partial charge in [-0.3, -0.25) is 4.79 Å². The van der Waals surface area contributed by atoms with Crippen LogP contribution in [0, 0.1) is 0 Å². The molecule has 0 radical (unpaired) electrons. The summed E-state index contributed by atoms with van der Waals surface area (Å²) in [5.41, 5.74) is 0. The van der Waals surface area contributed by atoms with Crippen molar-refractivity contribution in [2.24, 2.45) is 0 Å². The number of nitrogens with zero attached hydrogens (tertiary/aromatic N) is 2. The van der Waals surface area contributed by atoms with E-state index in [4.69, 9.17) is 9.15 Å². The van der Waals surface area contributed by atoms with Gasteiger partial charge in [0.1, 0.15) is 6.04 Å². The summed E-state index contributed by atoms with van der Waals surface area (Å²) < 4.78 is 10.7. The highest BCUT2D eigenvalue weighted by Crippen LogP contribution is 2.26. The number of nitrogens with one attached hydrogen (secondary N) is 1. The Morgan fingerprint density at radius 1 is 1.47 bits per heavy atom. The second kappa shape index (κ2) is 6.14. The summed E-state index contributed by atoms with van der Waals surface area (Å²) >= 11 is 0. The fourth-order valence-electron chi connectivity index (χ4n) is 2.16. The number of carbonyl (C=O) groups excluding carboxylic acids is 1. The molecule has 0 aromatic carbocycles. The van der Waals surface area contributed by atoms with Gasteiger partial charge >= 0.3 is 5.97 Å². The predicted molar refractivity (Wildman–Crippen MR) is 68.8 cm³/mol. The largest absolute Gasteiger partial charge is 0.465 e. The van der Waals surface area contributed by atoms with Gasteiger partial charge in [-0.2, -0.15) is 0 Å². The Bertz CT molecular complexity index is 423. The van der Waals surface area contributed by atoms with Crippen molar-refractivity contribution in [2.75, 3.05) is 13.2 Å². The van der Waals surface area contributed by atoms with Gasteiger partial charge in [-0.1, -0.05) is 13.8 Å².